The van der Waals surface area contributed by atoms with Crippen molar-refractivity contribution in [2.24, 2.45) is 0 Å². The molecule has 0 atom stereocenters. The molecular weight excluding hydrogens is 465 g/mol. The van der Waals surface area contributed by atoms with Crippen LogP contribution in [-0.4, -0.2) is 14.9 Å². The lowest BCUT2D eigenvalue weighted by atomic mass is 10.1. The topological polar surface area (TPSA) is 61.1 Å². The zero-order valence-corrected chi connectivity index (χ0v) is 18.0. The number of aromatic nitrogens is 2. The van der Waals surface area contributed by atoms with Crippen molar-refractivity contribution in [3.8, 4) is 5.69 Å². The van der Waals surface area contributed by atoms with E-state index in [1.54, 1.807) is 25.1 Å². The predicted molar refractivity (Wildman–Crippen MR) is 117 cm³/mol. The molecule has 5 nitrogen and oxygen atoms in total. The Morgan fingerprint density at radius 2 is 1.78 bits per heavy atom. The number of thiophene rings is 1. The normalized spacial score (nSPS) is 11.8. The highest BCUT2D eigenvalue weighted by molar-refractivity contribution is 7.18. The predicted octanol–water partition coefficient (Wildman–Crippen LogP) is 5.08. The minimum Gasteiger partial charge on any atom is -0.292 e. The van der Waals surface area contributed by atoms with Gasteiger partial charge >= 0.3 is 11.9 Å². The zero-order valence-electron chi connectivity index (χ0n) is 16.4. The molecule has 0 spiro atoms. The van der Waals surface area contributed by atoms with E-state index in [1.807, 2.05) is 0 Å². The Kier molecular flexibility index (Phi) is 5.56. The van der Waals surface area contributed by atoms with Crippen molar-refractivity contribution in [1.82, 2.24) is 9.13 Å². The Morgan fingerprint density at radius 3 is 2.47 bits per heavy atom. The monoisotopic (exact) mass is 478 g/mol. The van der Waals surface area contributed by atoms with Crippen molar-refractivity contribution < 1.29 is 18.0 Å². The largest absolute Gasteiger partial charge is 0.416 e. The average Bonchev–Trinajstić information content (AvgIpc) is 3.12. The van der Waals surface area contributed by atoms with Gasteiger partial charge in [-0.15, -0.1) is 11.3 Å². The number of benzene rings is 2. The summed E-state index contributed by atoms with van der Waals surface area (Å²) >= 11 is 7.16. The van der Waals surface area contributed by atoms with Crippen LogP contribution in [0.15, 0.2) is 64.2 Å². The first-order chi connectivity index (χ1) is 15.1. The quantitative estimate of drug-likeness (QED) is 0.384. The van der Waals surface area contributed by atoms with Gasteiger partial charge in [-0.25, -0.2) is 9.36 Å². The summed E-state index contributed by atoms with van der Waals surface area (Å²) in [5.74, 6) is -0.693. The fourth-order valence-electron chi connectivity index (χ4n) is 3.36. The van der Waals surface area contributed by atoms with Crippen LogP contribution in [0.5, 0.6) is 0 Å². The number of hydrogen-bond donors (Lipinski definition) is 0. The third-order valence-electron chi connectivity index (χ3n) is 4.82. The molecule has 2 aromatic carbocycles. The molecular formula is C22H14ClF3N2O3S. The fourth-order valence-corrected chi connectivity index (χ4v) is 4.53. The molecule has 0 saturated heterocycles. The maximum absolute atomic E-state index is 13.3. The van der Waals surface area contributed by atoms with Crippen molar-refractivity contribution in [2.45, 2.75) is 19.6 Å². The van der Waals surface area contributed by atoms with Gasteiger partial charge < -0.3 is 0 Å². The summed E-state index contributed by atoms with van der Waals surface area (Å²) in [5.41, 5.74) is -2.28. The number of carbonyl (C=O) groups is 1. The minimum atomic E-state index is -4.61. The van der Waals surface area contributed by atoms with E-state index in [0.29, 0.717) is 5.02 Å². The number of ketones is 1. The van der Waals surface area contributed by atoms with Crippen molar-refractivity contribution in [3.63, 3.8) is 0 Å². The maximum Gasteiger partial charge on any atom is 0.416 e. The van der Waals surface area contributed by atoms with Crippen molar-refractivity contribution in [1.29, 1.82) is 0 Å². The standard InChI is InChI=1S/C22H14ClF3N2O3S/c1-12-8-17-19(30)28(16-7-3-6-15(23)10-16)21(31)27(20(17)32-12)11-18(29)13-4-2-5-14(9-13)22(24,25)26/h2-10H,11H2,1H3. The van der Waals surface area contributed by atoms with Crippen LogP contribution in [0.2, 0.25) is 5.02 Å². The highest BCUT2D eigenvalue weighted by Gasteiger charge is 2.31. The van der Waals surface area contributed by atoms with Gasteiger partial charge in [0.05, 0.1) is 23.2 Å². The first-order valence-corrected chi connectivity index (χ1v) is 10.5. The lowest BCUT2D eigenvalue weighted by Gasteiger charge is -2.13. The summed E-state index contributed by atoms with van der Waals surface area (Å²) < 4.78 is 41.1. The van der Waals surface area contributed by atoms with Crippen molar-refractivity contribution in [3.05, 3.63) is 96.5 Å². The van der Waals surface area contributed by atoms with E-state index in [2.05, 4.69) is 0 Å². The number of fused-ring (bicyclic) bond motifs is 1. The van der Waals surface area contributed by atoms with Crippen LogP contribution in [0.4, 0.5) is 13.2 Å². The van der Waals surface area contributed by atoms with Crippen LogP contribution < -0.4 is 11.2 Å². The summed E-state index contributed by atoms with van der Waals surface area (Å²) in [6.07, 6.45) is -4.61. The molecule has 0 unspecified atom stereocenters. The van der Waals surface area contributed by atoms with E-state index in [4.69, 9.17) is 11.6 Å². The highest BCUT2D eigenvalue weighted by Crippen LogP contribution is 2.30. The van der Waals surface area contributed by atoms with Crippen LogP contribution in [0, 0.1) is 6.92 Å². The number of aryl methyl sites for hydroxylation is 1. The van der Waals surface area contributed by atoms with Gasteiger partial charge in [0.15, 0.2) is 5.78 Å². The molecule has 2 heterocycles. The Hall–Kier alpha value is -3.17. The Balaban J connectivity index is 1.89. The summed E-state index contributed by atoms with van der Waals surface area (Å²) in [4.78, 5) is 40.2. The lowest BCUT2D eigenvalue weighted by molar-refractivity contribution is -0.137. The van der Waals surface area contributed by atoms with E-state index in [9.17, 15) is 27.6 Å². The van der Waals surface area contributed by atoms with Gasteiger partial charge in [0.1, 0.15) is 4.83 Å². The summed E-state index contributed by atoms with van der Waals surface area (Å²) in [5, 5.41) is 0.533. The van der Waals surface area contributed by atoms with Gasteiger partial charge in [0.25, 0.3) is 5.56 Å². The minimum absolute atomic E-state index is 0.186. The molecule has 0 bridgehead atoms. The average molecular weight is 479 g/mol. The number of alkyl halides is 3. The van der Waals surface area contributed by atoms with Crippen molar-refractivity contribution >= 4 is 38.9 Å². The second-order valence-corrected chi connectivity index (χ2v) is 8.74. The fraction of sp³-hybridized carbons (Fsp3) is 0.136. The number of Topliss-reactive ketones (excluding diaryl/α,β-unsaturated/α-hetero) is 1. The van der Waals surface area contributed by atoms with Crippen LogP contribution in [-0.2, 0) is 12.7 Å². The van der Waals surface area contributed by atoms with Crippen LogP contribution in [0.3, 0.4) is 0 Å². The van der Waals surface area contributed by atoms with E-state index >= 15 is 0 Å². The number of rotatable bonds is 4. The Bertz CT molecular complexity index is 1480. The van der Waals surface area contributed by atoms with Crippen LogP contribution in [0.25, 0.3) is 15.9 Å². The maximum atomic E-state index is 13.3. The zero-order chi connectivity index (χ0) is 23.2. The van der Waals surface area contributed by atoms with Crippen LogP contribution in [0.1, 0.15) is 20.8 Å². The van der Waals surface area contributed by atoms with Gasteiger partial charge in [-0.1, -0.05) is 29.8 Å². The first-order valence-electron chi connectivity index (χ1n) is 9.28. The molecule has 0 fully saturated rings. The molecule has 164 valence electrons. The molecule has 4 rings (SSSR count). The van der Waals surface area contributed by atoms with Gasteiger partial charge in [-0.05, 0) is 43.3 Å². The summed E-state index contributed by atoms with van der Waals surface area (Å²) in [6.45, 7) is 1.22. The SMILES string of the molecule is Cc1cc2c(=O)n(-c3cccc(Cl)c3)c(=O)n(CC(=O)c3cccc(C(F)(F)F)c3)c2s1. The highest BCUT2D eigenvalue weighted by atomic mass is 35.5. The molecule has 0 aliphatic carbocycles. The summed E-state index contributed by atoms with van der Waals surface area (Å²) in [7, 11) is 0. The van der Waals surface area contributed by atoms with E-state index in [-0.39, 0.29) is 21.5 Å². The van der Waals surface area contributed by atoms with Gasteiger partial charge in [-0.3, -0.25) is 14.2 Å². The smallest absolute Gasteiger partial charge is 0.292 e. The molecule has 0 N–H and O–H groups in total. The molecule has 0 aliphatic heterocycles. The van der Waals surface area contributed by atoms with Gasteiger partial charge in [0.2, 0.25) is 0 Å². The van der Waals surface area contributed by atoms with Crippen LogP contribution >= 0.6 is 22.9 Å². The number of halogens is 4. The van der Waals surface area contributed by atoms with E-state index < -0.39 is 35.3 Å². The van der Waals surface area contributed by atoms with Gasteiger partial charge in [-0.2, -0.15) is 13.2 Å². The van der Waals surface area contributed by atoms with E-state index in [1.165, 1.54) is 18.2 Å². The lowest BCUT2D eigenvalue weighted by Crippen LogP contribution is -2.39. The molecule has 0 aliphatic rings. The van der Waals surface area contributed by atoms with E-state index in [0.717, 1.165) is 43.5 Å². The van der Waals surface area contributed by atoms with Gasteiger partial charge in [0, 0.05) is 15.5 Å². The Labute approximate surface area is 187 Å². The number of hydrogen-bond acceptors (Lipinski definition) is 4. The molecule has 0 radical (unpaired) electrons. The molecule has 2 aromatic heterocycles. The third-order valence-corrected chi connectivity index (χ3v) is 6.13. The molecule has 0 amide bonds. The molecule has 0 saturated carbocycles. The molecule has 32 heavy (non-hydrogen) atoms. The molecule has 4 aromatic rings. The third kappa shape index (κ3) is 4.01. The first kappa shape index (κ1) is 22.0. The number of nitrogens with zero attached hydrogens (tertiary/aromatic N) is 2. The molecule has 10 heteroatoms. The Morgan fingerprint density at radius 1 is 1.06 bits per heavy atom. The second kappa shape index (κ2) is 8.07. The van der Waals surface area contributed by atoms with Crippen molar-refractivity contribution in [2.75, 3.05) is 0 Å². The number of carbonyl (C=O) groups excluding carboxylic acids is 1. The summed E-state index contributed by atoms with van der Waals surface area (Å²) in [6, 6.07) is 11.7. The second-order valence-electron chi connectivity index (χ2n) is 7.07.